The first kappa shape index (κ1) is 20.6. The standard InChI is InChI=1S/C23H27N5OS/c1-3-17(18-8-5-4-6-9-18)15-25-22(29)16(2)30-23-27-26-21(28(23)20-11-12-20)19-10-7-13-24-14-19/h4-10,13-14,16-17,20H,3,11-12,15H2,1-2H3,(H,25,29)/t16-,17+/m1/s1. The zero-order valence-corrected chi connectivity index (χ0v) is 18.2. The van der Waals surface area contributed by atoms with Crippen molar-refractivity contribution in [1.29, 1.82) is 0 Å². The number of nitrogens with one attached hydrogen (secondary N) is 1. The number of carbonyl (C=O) groups is 1. The molecule has 3 aromatic rings. The Kier molecular flexibility index (Phi) is 6.47. The fourth-order valence-electron chi connectivity index (χ4n) is 3.51. The molecule has 30 heavy (non-hydrogen) atoms. The third-order valence-corrected chi connectivity index (χ3v) is 6.49. The SMILES string of the molecule is CC[C@@H](CNC(=O)[C@@H](C)Sc1nnc(-c2cccnc2)n1C1CC1)c1ccccc1. The fourth-order valence-corrected chi connectivity index (χ4v) is 4.46. The number of pyridine rings is 1. The van der Waals surface area contributed by atoms with Crippen LogP contribution in [-0.2, 0) is 4.79 Å². The molecule has 1 aliphatic rings. The van der Waals surface area contributed by atoms with E-state index in [0.29, 0.717) is 18.5 Å². The summed E-state index contributed by atoms with van der Waals surface area (Å²) < 4.78 is 2.17. The fraction of sp³-hybridized carbons (Fsp3) is 0.391. The van der Waals surface area contributed by atoms with E-state index in [2.05, 4.69) is 44.1 Å². The van der Waals surface area contributed by atoms with Gasteiger partial charge in [0.15, 0.2) is 11.0 Å². The van der Waals surface area contributed by atoms with Crippen molar-refractivity contribution in [2.75, 3.05) is 6.54 Å². The summed E-state index contributed by atoms with van der Waals surface area (Å²) in [5.74, 6) is 1.18. The molecule has 7 heteroatoms. The van der Waals surface area contributed by atoms with Gasteiger partial charge in [0.2, 0.25) is 5.91 Å². The number of thioether (sulfide) groups is 1. The van der Waals surface area contributed by atoms with Gasteiger partial charge in [0.25, 0.3) is 0 Å². The minimum absolute atomic E-state index is 0.0302. The van der Waals surface area contributed by atoms with Crippen LogP contribution in [0.25, 0.3) is 11.4 Å². The molecule has 4 rings (SSSR count). The summed E-state index contributed by atoms with van der Waals surface area (Å²) in [6.07, 6.45) is 6.78. The zero-order valence-electron chi connectivity index (χ0n) is 17.4. The molecule has 1 aromatic carbocycles. The van der Waals surface area contributed by atoms with Crippen molar-refractivity contribution < 1.29 is 4.79 Å². The Morgan fingerprint density at radius 3 is 2.67 bits per heavy atom. The van der Waals surface area contributed by atoms with E-state index in [-0.39, 0.29) is 11.2 Å². The van der Waals surface area contributed by atoms with Crippen LogP contribution in [0, 0.1) is 0 Å². The van der Waals surface area contributed by atoms with Crippen molar-refractivity contribution in [3.05, 3.63) is 60.4 Å². The van der Waals surface area contributed by atoms with Gasteiger partial charge in [0.05, 0.1) is 5.25 Å². The zero-order chi connectivity index (χ0) is 20.9. The minimum Gasteiger partial charge on any atom is -0.355 e. The highest BCUT2D eigenvalue weighted by atomic mass is 32.2. The van der Waals surface area contributed by atoms with Crippen molar-refractivity contribution >= 4 is 17.7 Å². The van der Waals surface area contributed by atoms with Gasteiger partial charge >= 0.3 is 0 Å². The van der Waals surface area contributed by atoms with Gasteiger partial charge in [0.1, 0.15) is 0 Å². The molecule has 1 saturated carbocycles. The van der Waals surface area contributed by atoms with Gasteiger partial charge in [-0.3, -0.25) is 14.3 Å². The summed E-state index contributed by atoms with van der Waals surface area (Å²) in [6, 6.07) is 14.7. The second-order valence-corrected chi connectivity index (χ2v) is 8.98. The van der Waals surface area contributed by atoms with Crippen molar-refractivity contribution in [3.63, 3.8) is 0 Å². The lowest BCUT2D eigenvalue weighted by Crippen LogP contribution is -2.34. The average molecular weight is 422 g/mol. The number of benzene rings is 1. The highest BCUT2D eigenvalue weighted by molar-refractivity contribution is 8.00. The highest BCUT2D eigenvalue weighted by Crippen LogP contribution is 2.41. The average Bonchev–Trinajstić information content (AvgIpc) is 3.55. The van der Waals surface area contributed by atoms with E-state index in [1.54, 1.807) is 6.20 Å². The van der Waals surface area contributed by atoms with E-state index in [4.69, 9.17) is 0 Å². The number of nitrogens with zero attached hydrogens (tertiary/aromatic N) is 4. The molecular formula is C23H27N5OS. The number of amides is 1. The first-order valence-electron chi connectivity index (χ1n) is 10.5. The Hall–Kier alpha value is -2.67. The monoisotopic (exact) mass is 421 g/mol. The van der Waals surface area contributed by atoms with E-state index in [1.165, 1.54) is 17.3 Å². The Labute approximate surface area is 181 Å². The molecule has 2 aromatic heterocycles. The molecule has 2 heterocycles. The molecule has 1 aliphatic carbocycles. The molecule has 2 atom stereocenters. The molecule has 0 aliphatic heterocycles. The third kappa shape index (κ3) is 4.73. The van der Waals surface area contributed by atoms with Crippen LogP contribution in [0.3, 0.4) is 0 Å². The third-order valence-electron chi connectivity index (χ3n) is 5.43. The lowest BCUT2D eigenvalue weighted by atomic mass is 9.96. The first-order valence-corrected chi connectivity index (χ1v) is 11.4. The number of rotatable bonds is 9. The van der Waals surface area contributed by atoms with Gasteiger partial charge in [-0.05, 0) is 43.9 Å². The second-order valence-electron chi connectivity index (χ2n) is 7.67. The summed E-state index contributed by atoms with van der Waals surface area (Å²) >= 11 is 1.47. The van der Waals surface area contributed by atoms with E-state index < -0.39 is 0 Å². The van der Waals surface area contributed by atoms with E-state index in [9.17, 15) is 4.79 Å². The normalized spacial score (nSPS) is 15.5. The van der Waals surface area contributed by atoms with Crippen LogP contribution in [0.5, 0.6) is 0 Å². The Morgan fingerprint density at radius 1 is 1.20 bits per heavy atom. The van der Waals surface area contributed by atoms with Crippen LogP contribution in [0.1, 0.15) is 50.6 Å². The van der Waals surface area contributed by atoms with Gasteiger partial charge in [-0.25, -0.2) is 0 Å². The van der Waals surface area contributed by atoms with Crippen molar-refractivity contribution in [1.82, 2.24) is 25.1 Å². The predicted molar refractivity (Wildman–Crippen MR) is 119 cm³/mol. The number of hydrogen-bond acceptors (Lipinski definition) is 5. The Bertz CT molecular complexity index is 972. The minimum atomic E-state index is -0.248. The summed E-state index contributed by atoms with van der Waals surface area (Å²) in [5, 5.41) is 12.5. The molecule has 1 fully saturated rings. The van der Waals surface area contributed by atoms with Crippen LogP contribution < -0.4 is 5.32 Å². The number of hydrogen-bond donors (Lipinski definition) is 1. The van der Waals surface area contributed by atoms with Crippen molar-refractivity contribution in [3.8, 4) is 11.4 Å². The van der Waals surface area contributed by atoms with Crippen LogP contribution in [0.15, 0.2) is 60.0 Å². The molecular weight excluding hydrogens is 394 g/mol. The Morgan fingerprint density at radius 2 is 2.00 bits per heavy atom. The molecule has 1 N–H and O–H groups in total. The molecule has 6 nitrogen and oxygen atoms in total. The van der Waals surface area contributed by atoms with Crippen molar-refractivity contribution in [2.24, 2.45) is 0 Å². The highest BCUT2D eigenvalue weighted by Gasteiger charge is 2.31. The maximum Gasteiger partial charge on any atom is 0.233 e. The molecule has 0 bridgehead atoms. The molecule has 0 saturated heterocycles. The largest absolute Gasteiger partial charge is 0.355 e. The van der Waals surface area contributed by atoms with Gasteiger partial charge in [0, 0.05) is 36.5 Å². The van der Waals surface area contributed by atoms with Crippen LogP contribution in [-0.4, -0.2) is 37.5 Å². The first-order chi connectivity index (χ1) is 14.7. The van der Waals surface area contributed by atoms with Gasteiger partial charge in [-0.15, -0.1) is 10.2 Å². The molecule has 156 valence electrons. The predicted octanol–water partition coefficient (Wildman–Crippen LogP) is 4.47. The maximum atomic E-state index is 12.8. The Balaban J connectivity index is 1.42. The molecule has 0 spiro atoms. The van der Waals surface area contributed by atoms with Crippen LogP contribution in [0.2, 0.25) is 0 Å². The van der Waals surface area contributed by atoms with Gasteiger partial charge in [-0.2, -0.15) is 0 Å². The number of carbonyl (C=O) groups excluding carboxylic acids is 1. The summed E-state index contributed by atoms with van der Waals surface area (Å²) in [4.78, 5) is 17.0. The maximum absolute atomic E-state index is 12.8. The van der Waals surface area contributed by atoms with Crippen LogP contribution >= 0.6 is 11.8 Å². The molecule has 0 unspecified atom stereocenters. The lowest BCUT2D eigenvalue weighted by Gasteiger charge is -2.18. The molecule has 1 amide bonds. The van der Waals surface area contributed by atoms with E-state index in [0.717, 1.165) is 35.8 Å². The van der Waals surface area contributed by atoms with Gasteiger partial charge < -0.3 is 5.32 Å². The second kappa shape index (κ2) is 9.43. The molecule has 0 radical (unpaired) electrons. The number of aromatic nitrogens is 4. The van der Waals surface area contributed by atoms with Crippen molar-refractivity contribution in [2.45, 2.75) is 55.5 Å². The van der Waals surface area contributed by atoms with E-state index >= 15 is 0 Å². The van der Waals surface area contributed by atoms with E-state index in [1.807, 2.05) is 43.5 Å². The summed E-state index contributed by atoms with van der Waals surface area (Å²) in [5.41, 5.74) is 2.21. The summed E-state index contributed by atoms with van der Waals surface area (Å²) in [7, 11) is 0. The van der Waals surface area contributed by atoms with Gasteiger partial charge in [-0.1, -0.05) is 49.0 Å². The topological polar surface area (TPSA) is 72.7 Å². The summed E-state index contributed by atoms with van der Waals surface area (Å²) in [6.45, 7) is 4.72. The smallest absolute Gasteiger partial charge is 0.233 e. The lowest BCUT2D eigenvalue weighted by molar-refractivity contribution is -0.120. The van der Waals surface area contributed by atoms with Crippen LogP contribution in [0.4, 0.5) is 0 Å². The quantitative estimate of drug-likeness (QED) is 0.516.